The molecule has 1 fully saturated rings. The summed E-state index contributed by atoms with van der Waals surface area (Å²) in [5.74, 6) is -1.46. The molecule has 25 heavy (non-hydrogen) atoms. The van der Waals surface area contributed by atoms with Crippen molar-refractivity contribution in [3.05, 3.63) is 51.2 Å². The van der Waals surface area contributed by atoms with Gasteiger partial charge in [0, 0.05) is 24.3 Å². The monoisotopic (exact) mass is 358 g/mol. The van der Waals surface area contributed by atoms with Gasteiger partial charge in [0.25, 0.3) is 11.8 Å². The summed E-state index contributed by atoms with van der Waals surface area (Å²) < 4.78 is 0. The van der Waals surface area contributed by atoms with E-state index < -0.39 is 5.97 Å². The number of anilines is 1. The molecule has 0 aliphatic carbocycles. The first-order valence-electron chi connectivity index (χ1n) is 8.00. The fourth-order valence-corrected chi connectivity index (χ4v) is 3.59. The van der Waals surface area contributed by atoms with Crippen LogP contribution in [0.5, 0.6) is 0 Å². The van der Waals surface area contributed by atoms with Crippen molar-refractivity contribution in [1.82, 2.24) is 4.90 Å². The first-order valence-corrected chi connectivity index (χ1v) is 8.82. The number of rotatable bonds is 4. The van der Waals surface area contributed by atoms with Crippen LogP contribution in [-0.4, -0.2) is 40.9 Å². The minimum atomic E-state index is -1.06. The number of hydrogen-bond acceptors (Lipinski definition) is 4. The SMILES string of the molecule is Cc1c(NC(=O)c2ccc(C(=O)O)s2)cccc1C(=O)N1CCCC1. The third-order valence-electron chi connectivity index (χ3n) is 4.25. The molecule has 2 heterocycles. The molecule has 1 aromatic carbocycles. The molecule has 0 spiro atoms. The van der Waals surface area contributed by atoms with Crippen molar-refractivity contribution in [3.63, 3.8) is 0 Å². The summed E-state index contributed by atoms with van der Waals surface area (Å²) in [5.41, 5.74) is 1.85. The van der Waals surface area contributed by atoms with E-state index in [1.165, 1.54) is 12.1 Å². The van der Waals surface area contributed by atoms with Gasteiger partial charge in [0.2, 0.25) is 0 Å². The molecule has 1 aliphatic rings. The lowest BCUT2D eigenvalue weighted by Crippen LogP contribution is -2.28. The van der Waals surface area contributed by atoms with E-state index in [9.17, 15) is 14.4 Å². The Balaban J connectivity index is 1.80. The van der Waals surface area contributed by atoms with Gasteiger partial charge in [-0.1, -0.05) is 6.07 Å². The highest BCUT2D eigenvalue weighted by atomic mass is 32.1. The molecule has 0 unspecified atom stereocenters. The fourth-order valence-electron chi connectivity index (χ4n) is 2.85. The Kier molecular flexibility index (Phi) is 4.85. The van der Waals surface area contributed by atoms with Crippen LogP contribution in [0.2, 0.25) is 0 Å². The van der Waals surface area contributed by atoms with Gasteiger partial charge in [-0.05, 0) is 49.6 Å². The number of nitrogens with zero attached hydrogens (tertiary/aromatic N) is 1. The number of carboxylic acids is 1. The van der Waals surface area contributed by atoms with E-state index in [4.69, 9.17) is 5.11 Å². The molecule has 130 valence electrons. The Morgan fingerprint density at radius 3 is 2.40 bits per heavy atom. The summed E-state index contributed by atoms with van der Waals surface area (Å²) in [6, 6.07) is 8.13. The second-order valence-electron chi connectivity index (χ2n) is 5.90. The van der Waals surface area contributed by atoms with Gasteiger partial charge in [0.1, 0.15) is 4.88 Å². The van der Waals surface area contributed by atoms with Crippen LogP contribution in [0.3, 0.4) is 0 Å². The van der Waals surface area contributed by atoms with E-state index in [0.717, 1.165) is 37.3 Å². The highest BCUT2D eigenvalue weighted by molar-refractivity contribution is 7.15. The average Bonchev–Trinajstić information content (AvgIpc) is 3.28. The molecule has 1 aromatic heterocycles. The quantitative estimate of drug-likeness (QED) is 0.878. The van der Waals surface area contributed by atoms with Gasteiger partial charge >= 0.3 is 5.97 Å². The van der Waals surface area contributed by atoms with Crippen LogP contribution in [-0.2, 0) is 0 Å². The molecular weight excluding hydrogens is 340 g/mol. The number of benzene rings is 1. The van der Waals surface area contributed by atoms with Crippen molar-refractivity contribution in [3.8, 4) is 0 Å². The Labute approximate surface area is 149 Å². The van der Waals surface area contributed by atoms with Gasteiger partial charge < -0.3 is 15.3 Å². The normalized spacial score (nSPS) is 13.7. The maximum Gasteiger partial charge on any atom is 0.345 e. The number of aromatic carboxylic acids is 1. The predicted molar refractivity (Wildman–Crippen MR) is 95.5 cm³/mol. The van der Waals surface area contributed by atoms with E-state index in [2.05, 4.69) is 5.32 Å². The Hall–Kier alpha value is -2.67. The maximum atomic E-state index is 12.6. The van der Waals surface area contributed by atoms with Crippen LogP contribution in [0.4, 0.5) is 5.69 Å². The molecule has 7 heteroatoms. The van der Waals surface area contributed by atoms with Crippen LogP contribution in [0.25, 0.3) is 0 Å². The summed E-state index contributed by atoms with van der Waals surface area (Å²) in [5, 5.41) is 11.7. The minimum Gasteiger partial charge on any atom is -0.477 e. The highest BCUT2D eigenvalue weighted by Crippen LogP contribution is 2.24. The van der Waals surface area contributed by atoms with Gasteiger partial charge in [0.05, 0.1) is 4.88 Å². The zero-order valence-electron chi connectivity index (χ0n) is 13.7. The van der Waals surface area contributed by atoms with E-state index in [-0.39, 0.29) is 16.7 Å². The van der Waals surface area contributed by atoms with E-state index in [1.54, 1.807) is 25.1 Å². The number of thiophene rings is 1. The molecule has 3 rings (SSSR count). The highest BCUT2D eigenvalue weighted by Gasteiger charge is 2.22. The van der Waals surface area contributed by atoms with Crippen molar-refractivity contribution < 1.29 is 19.5 Å². The number of amides is 2. The maximum absolute atomic E-state index is 12.6. The van der Waals surface area contributed by atoms with Crippen molar-refractivity contribution in [2.24, 2.45) is 0 Å². The molecule has 2 aromatic rings. The Morgan fingerprint density at radius 2 is 1.76 bits per heavy atom. The zero-order chi connectivity index (χ0) is 18.0. The number of likely N-dealkylation sites (tertiary alicyclic amines) is 1. The van der Waals surface area contributed by atoms with Crippen molar-refractivity contribution in [2.75, 3.05) is 18.4 Å². The van der Waals surface area contributed by atoms with Gasteiger partial charge in [0.15, 0.2) is 0 Å². The molecule has 1 aliphatic heterocycles. The number of carbonyl (C=O) groups excluding carboxylic acids is 2. The van der Waals surface area contributed by atoms with E-state index in [0.29, 0.717) is 21.7 Å². The lowest BCUT2D eigenvalue weighted by Gasteiger charge is -2.18. The van der Waals surface area contributed by atoms with Crippen molar-refractivity contribution >= 4 is 34.8 Å². The molecule has 0 saturated carbocycles. The third kappa shape index (κ3) is 3.56. The molecule has 2 amide bonds. The Bertz CT molecular complexity index is 837. The molecule has 0 bridgehead atoms. The largest absolute Gasteiger partial charge is 0.477 e. The average molecular weight is 358 g/mol. The number of hydrogen-bond donors (Lipinski definition) is 2. The van der Waals surface area contributed by atoms with Crippen LogP contribution in [0.1, 0.15) is 48.1 Å². The predicted octanol–water partition coefficient (Wildman–Crippen LogP) is 3.24. The second kappa shape index (κ2) is 7.06. The lowest BCUT2D eigenvalue weighted by molar-refractivity contribution is 0.0701. The lowest BCUT2D eigenvalue weighted by atomic mass is 10.1. The van der Waals surface area contributed by atoms with Gasteiger partial charge in [-0.15, -0.1) is 11.3 Å². The van der Waals surface area contributed by atoms with Crippen molar-refractivity contribution in [2.45, 2.75) is 19.8 Å². The molecular formula is C18H18N2O4S. The summed E-state index contributed by atoms with van der Waals surface area (Å²) >= 11 is 0.918. The minimum absolute atomic E-state index is 0.0182. The number of carbonyl (C=O) groups is 3. The zero-order valence-corrected chi connectivity index (χ0v) is 14.6. The first-order chi connectivity index (χ1) is 12.0. The molecule has 0 atom stereocenters. The number of nitrogens with one attached hydrogen (secondary N) is 1. The first kappa shape index (κ1) is 17.2. The third-order valence-corrected chi connectivity index (χ3v) is 5.32. The molecule has 2 N–H and O–H groups in total. The summed E-state index contributed by atoms with van der Waals surface area (Å²) in [4.78, 5) is 38.1. The topological polar surface area (TPSA) is 86.7 Å². The summed E-state index contributed by atoms with van der Waals surface area (Å²) in [6.45, 7) is 3.33. The van der Waals surface area contributed by atoms with Crippen LogP contribution in [0.15, 0.2) is 30.3 Å². The molecule has 6 nitrogen and oxygen atoms in total. The summed E-state index contributed by atoms with van der Waals surface area (Å²) in [7, 11) is 0. The second-order valence-corrected chi connectivity index (χ2v) is 6.98. The van der Waals surface area contributed by atoms with Crippen LogP contribution >= 0.6 is 11.3 Å². The Morgan fingerprint density at radius 1 is 1.08 bits per heavy atom. The molecule has 0 radical (unpaired) electrons. The van der Waals surface area contributed by atoms with Crippen LogP contribution < -0.4 is 5.32 Å². The van der Waals surface area contributed by atoms with Gasteiger partial charge in [-0.2, -0.15) is 0 Å². The number of carboxylic acid groups (broad SMARTS) is 1. The summed E-state index contributed by atoms with van der Waals surface area (Å²) in [6.07, 6.45) is 2.04. The van der Waals surface area contributed by atoms with Crippen molar-refractivity contribution in [1.29, 1.82) is 0 Å². The van der Waals surface area contributed by atoms with Crippen LogP contribution in [0, 0.1) is 6.92 Å². The standard InChI is InChI=1S/C18H18N2O4S/c1-11-12(17(22)20-9-2-3-10-20)5-4-6-13(11)19-16(21)14-7-8-15(25-14)18(23)24/h4-8H,2-3,9-10H2,1H3,(H,19,21)(H,23,24). The van der Waals surface area contributed by atoms with E-state index in [1.807, 2.05) is 4.90 Å². The molecule has 1 saturated heterocycles. The van der Waals surface area contributed by atoms with E-state index >= 15 is 0 Å². The van der Waals surface area contributed by atoms with Gasteiger partial charge in [-0.25, -0.2) is 4.79 Å². The fraction of sp³-hybridized carbons (Fsp3) is 0.278. The van der Waals surface area contributed by atoms with Gasteiger partial charge in [-0.3, -0.25) is 9.59 Å². The smallest absolute Gasteiger partial charge is 0.345 e.